The molecule has 2 amide bonds. The van der Waals surface area contributed by atoms with Crippen molar-refractivity contribution < 1.29 is 9.59 Å². The van der Waals surface area contributed by atoms with E-state index in [1.807, 2.05) is 24.3 Å². The molecule has 3 atom stereocenters. The van der Waals surface area contributed by atoms with Gasteiger partial charge in [-0.3, -0.25) is 9.59 Å². The van der Waals surface area contributed by atoms with E-state index in [0.717, 1.165) is 24.4 Å². The molecule has 2 N–H and O–H groups in total. The van der Waals surface area contributed by atoms with Gasteiger partial charge in [0.25, 0.3) is 0 Å². The Morgan fingerprint density at radius 1 is 1.14 bits per heavy atom. The summed E-state index contributed by atoms with van der Waals surface area (Å²) >= 11 is 0. The molecule has 0 radical (unpaired) electrons. The molecule has 2 aliphatic rings. The van der Waals surface area contributed by atoms with Gasteiger partial charge in [-0.15, -0.1) is 0 Å². The second-order valence-electron chi connectivity index (χ2n) is 6.70. The molecule has 2 saturated carbocycles. The predicted molar refractivity (Wildman–Crippen MR) is 86.4 cm³/mol. The van der Waals surface area contributed by atoms with Crippen LogP contribution in [0.4, 0.5) is 5.69 Å². The van der Waals surface area contributed by atoms with E-state index < -0.39 is 0 Å². The number of nitrogens with one attached hydrogen (secondary N) is 2. The summed E-state index contributed by atoms with van der Waals surface area (Å²) in [7, 11) is 0. The molecule has 3 rings (SSSR count). The summed E-state index contributed by atoms with van der Waals surface area (Å²) in [5.41, 5.74) is 1.98. The van der Waals surface area contributed by atoms with Crippen LogP contribution in [0.1, 0.15) is 38.2 Å². The van der Waals surface area contributed by atoms with Crippen molar-refractivity contribution in [1.82, 2.24) is 5.32 Å². The highest BCUT2D eigenvalue weighted by Gasteiger charge is 2.42. The lowest BCUT2D eigenvalue weighted by Crippen LogP contribution is -2.34. The number of anilines is 1. The second kappa shape index (κ2) is 6.51. The van der Waals surface area contributed by atoms with Crippen LogP contribution in [0.15, 0.2) is 24.3 Å². The number of hydrogen-bond acceptors (Lipinski definition) is 2. The first-order valence-electron chi connectivity index (χ1n) is 8.26. The fraction of sp³-hybridized carbons (Fsp3) is 0.556. The summed E-state index contributed by atoms with van der Waals surface area (Å²) in [6.45, 7) is 2.19. The minimum atomic E-state index is -0.0640. The number of hydrogen-bond donors (Lipinski definition) is 2. The molecule has 0 spiro atoms. The first-order valence-corrected chi connectivity index (χ1v) is 8.26. The lowest BCUT2D eigenvalue weighted by atomic mass is 9.88. The predicted octanol–water partition coefficient (Wildman–Crippen LogP) is 2.74. The molecule has 22 heavy (non-hydrogen) atoms. The molecule has 4 heteroatoms. The van der Waals surface area contributed by atoms with Gasteiger partial charge >= 0.3 is 0 Å². The number of amides is 2. The Morgan fingerprint density at radius 2 is 1.91 bits per heavy atom. The van der Waals surface area contributed by atoms with Crippen LogP contribution in [0, 0.1) is 17.8 Å². The molecule has 1 aromatic carbocycles. The molecule has 2 aliphatic carbocycles. The third kappa shape index (κ3) is 3.49. The fourth-order valence-electron chi connectivity index (χ4n) is 3.98. The van der Waals surface area contributed by atoms with Crippen molar-refractivity contribution >= 4 is 17.5 Å². The molecular weight excluding hydrogens is 276 g/mol. The van der Waals surface area contributed by atoms with E-state index in [9.17, 15) is 9.59 Å². The Kier molecular flexibility index (Phi) is 4.46. The minimum absolute atomic E-state index is 0.0640. The van der Waals surface area contributed by atoms with Crippen LogP contribution in [0.25, 0.3) is 0 Å². The van der Waals surface area contributed by atoms with E-state index in [1.165, 1.54) is 31.7 Å². The lowest BCUT2D eigenvalue weighted by Gasteiger charge is -2.20. The molecule has 0 aromatic heterocycles. The zero-order chi connectivity index (χ0) is 15.5. The number of carbonyl (C=O) groups excluding carboxylic acids is 2. The standard InChI is InChI=1S/C18H24N2O2/c1-12(21)20-16-6-3-13(4-7-16)8-9-19-18(22)17-11-14-2-5-15(17)10-14/h3-4,6-7,14-15,17H,2,5,8-11H2,1H3,(H,19,22)(H,20,21). The van der Waals surface area contributed by atoms with Crippen LogP contribution in [0.5, 0.6) is 0 Å². The van der Waals surface area contributed by atoms with Crippen molar-refractivity contribution in [3.63, 3.8) is 0 Å². The molecule has 0 aliphatic heterocycles. The van der Waals surface area contributed by atoms with E-state index in [0.29, 0.717) is 12.5 Å². The van der Waals surface area contributed by atoms with Crippen molar-refractivity contribution in [2.24, 2.45) is 17.8 Å². The Morgan fingerprint density at radius 3 is 2.50 bits per heavy atom. The Bertz CT molecular complexity index is 553. The van der Waals surface area contributed by atoms with E-state index in [2.05, 4.69) is 10.6 Å². The van der Waals surface area contributed by atoms with Gasteiger partial charge in [-0.05, 0) is 55.2 Å². The lowest BCUT2D eigenvalue weighted by molar-refractivity contribution is -0.126. The quantitative estimate of drug-likeness (QED) is 0.878. The van der Waals surface area contributed by atoms with Crippen LogP contribution in [0.3, 0.4) is 0 Å². The number of fused-ring (bicyclic) bond motifs is 2. The number of carbonyl (C=O) groups is 2. The SMILES string of the molecule is CC(=O)Nc1ccc(CCNC(=O)C2CC3CCC2C3)cc1. The van der Waals surface area contributed by atoms with E-state index in [1.54, 1.807) is 0 Å². The highest BCUT2D eigenvalue weighted by atomic mass is 16.2. The van der Waals surface area contributed by atoms with Gasteiger partial charge in [0, 0.05) is 25.1 Å². The number of benzene rings is 1. The van der Waals surface area contributed by atoms with E-state index >= 15 is 0 Å². The minimum Gasteiger partial charge on any atom is -0.356 e. The topological polar surface area (TPSA) is 58.2 Å². The fourth-order valence-corrected chi connectivity index (χ4v) is 3.98. The highest BCUT2D eigenvalue weighted by molar-refractivity contribution is 5.88. The van der Waals surface area contributed by atoms with Crippen LogP contribution < -0.4 is 10.6 Å². The van der Waals surface area contributed by atoms with Gasteiger partial charge in [-0.1, -0.05) is 18.6 Å². The van der Waals surface area contributed by atoms with Crippen molar-refractivity contribution in [1.29, 1.82) is 0 Å². The summed E-state index contributed by atoms with van der Waals surface area (Å²) in [5, 5.41) is 5.85. The molecule has 1 aromatic rings. The van der Waals surface area contributed by atoms with Crippen molar-refractivity contribution in [2.75, 3.05) is 11.9 Å². The van der Waals surface area contributed by atoms with Crippen LogP contribution in [0.2, 0.25) is 0 Å². The van der Waals surface area contributed by atoms with Gasteiger partial charge in [-0.2, -0.15) is 0 Å². The van der Waals surface area contributed by atoms with Crippen LogP contribution in [-0.2, 0) is 16.0 Å². The van der Waals surface area contributed by atoms with Crippen molar-refractivity contribution in [2.45, 2.75) is 39.0 Å². The zero-order valence-corrected chi connectivity index (χ0v) is 13.1. The van der Waals surface area contributed by atoms with E-state index in [-0.39, 0.29) is 17.7 Å². The molecule has 2 bridgehead atoms. The van der Waals surface area contributed by atoms with Gasteiger partial charge in [-0.25, -0.2) is 0 Å². The molecule has 4 nitrogen and oxygen atoms in total. The van der Waals surface area contributed by atoms with Gasteiger partial charge in [0.15, 0.2) is 0 Å². The maximum atomic E-state index is 12.2. The normalized spacial score (nSPS) is 26.0. The molecule has 118 valence electrons. The molecule has 0 saturated heterocycles. The molecule has 3 unspecified atom stereocenters. The summed E-state index contributed by atoms with van der Waals surface area (Å²) in [5.74, 6) is 1.90. The summed E-state index contributed by atoms with van der Waals surface area (Å²) in [6, 6.07) is 7.78. The second-order valence-corrected chi connectivity index (χ2v) is 6.70. The smallest absolute Gasteiger partial charge is 0.223 e. The monoisotopic (exact) mass is 300 g/mol. The van der Waals surface area contributed by atoms with Gasteiger partial charge in [0.2, 0.25) is 11.8 Å². The maximum Gasteiger partial charge on any atom is 0.223 e. The average Bonchev–Trinajstić information content (AvgIpc) is 3.11. The van der Waals surface area contributed by atoms with Crippen LogP contribution in [-0.4, -0.2) is 18.4 Å². The van der Waals surface area contributed by atoms with Crippen molar-refractivity contribution in [3.05, 3.63) is 29.8 Å². The zero-order valence-electron chi connectivity index (χ0n) is 13.1. The van der Waals surface area contributed by atoms with E-state index in [4.69, 9.17) is 0 Å². The van der Waals surface area contributed by atoms with Gasteiger partial charge < -0.3 is 10.6 Å². The first-order chi connectivity index (χ1) is 10.6. The van der Waals surface area contributed by atoms with Gasteiger partial charge in [0.05, 0.1) is 0 Å². The summed E-state index contributed by atoms with van der Waals surface area (Å²) in [6.07, 6.45) is 5.76. The Labute approximate surface area is 131 Å². The molecule has 2 fully saturated rings. The maximum absolute atomic E-state index is 12.2. The largest absolute Gasteiger partial charge is 0.356 e. The Balaban J connectivity index is 1.43. The summed E-state index contributed by atoms with van der Waals surface area (Å²) in [4.78, 5) is 23.2. The van der Waals surface area contributed by atoms with Crippen LogP contribution >= 0.6 is 0 Å². The third-order valence-electron chi connectivity index (χ3n) is 5.06. The summed E-state index contributed by atoms with van der Waals surface area (Å²) < 4.78 is 0. The average molecular weight is 300 g/mol. The molecule has 0 heterocycles. The third-order valence-corrected chi connectivity index (χ3v) is 5.06. The number of rotatable bonds is 5. The van der Waals surface area contributed by atoms with Gasteiger partial charge in [0.1, 0.15) is 0 Å². The Hall–Kier alpha value is -1.84. The molecular formula is C18H24N2O2. The first kappa shape index (κ1) is 15.1. The van der Waals surface area contributed by atoms with Crippen molar-refractivity contribution in [3.8, 4) is 0 Å². The highest BCUT2D eigenvalue weighted by Crippen LogP contribution is 2.48.